The molecule has 0 radical (unpaired) electrons. The van der Waals surface area contributed by atoms with Crippen molar-refractivity contribution < 1.29 is 0 Å². The molecule has 0 spiro atoms. The van der Waals surface area contributed by atoms with Crippen molar-refractivity contribution in [3.63, 3.8) is 0 Å². The molecule has 0 aliphatic heterocycles. The second-order valence-electron chi connectivity index (χ2n) is 3.66. The number of hydrogen-bond acceptors (Lipinski definition) is 2. The van der Waals surface area contributed by atoms with Gasteiger partial charge in [0.1, 0.15) is 5.82 Å². The normalized spacial score (nSPS) is 10.3. The van der Waals surface area contributed by atoms with E-state index in [9.17, 15) is 0 Å². The number of aryl methyl sites for hydroxylation is 1. The number of pyridine rings is 1. The van der Waals surface area contributed by atoms with Gasteiger partial charge in [0.25, 0.3) is 0 Å². The van der Waals surface area contributed by atoms with E-state index < -0.39 is 0 Å². The monoisotopic (exact) mass is 205 g/mol. The van der Waals surface area contributed by atoms with Gasteiger partial charge in [0.15, 0.2) is 5.65 Å². The first-order valence-corrected chi connectivity index (χ1v) is 5.49. The Morgan fingerprint density at radius 3 is 2.53 bits per heavy atom. The van der Waals surface area contributed by atoms with E-state index >= 15 is 0 Å². The molecule has 0 aromatic carbocycles. The van der Waals surface area contributed by atoms with E-state index in [1.54, 1.807) is 0 Å². The zero-order valence-corrected chi connectivity index (χ0v) is 10.1. The summed E-state index contributed by atoms with van der Waals surface area (Å²) in [6, 6.07) is 2.07. The van der Waals surface area contributed by atoms with Crippen LogP contribution in [0.2, 0.25) is 0 Å². The highest BCUT2D eigenvalue weighted by Crippen LogP contribution is 2.15. The molecule has 2 aromatic heterocycles. The quantitative estimate of drug-likeness (QED) is 0.775. The largest absolute Gasteiger partial charge is 0.340 e. The fourth-order valence-corrected chi connectivity index (χ4v) is 1.30. The lowest BCUT2D eigenvalue weighted by Crippen LogP contribution is -1.88. The van der Waals surface area contributed by atoms with Gasteiger partial charge in [0.05, 0.1) is 5.52 Å². The van der Waals surface area contributed by atoms with Crippen molar-refractivity contribution in [2.75, 3.05) is 0 Å². The molecule has 0 aliphatic carbocycles. The summed E-state index contributed by atoms with van der Waals surface area (Å²) in [5.74, 6) is 1.43. The Kier molecular flexibility index (Phi) is 3.83. The number of imidazole rings is 1. The zero-order chi connectivity index (χ0) is 11.4. The summed E-state index contributed by atoms with van der Waals surface area (Å²) < 4.78 is 0. The van der Waals surface area contributed by atoms with Crippen LogP contribution in [0.4, 0.5) is 0 Å². The molecule has 0 bridgehead atoms. The van der Waals surface area contributed by atoms with E-state index in [-0.39, 0.29) is 0 Å². The van der Waals surface area contributed by atoms with Crippen LogP contribution in [0.3, 0.4) is 0 Å². The Bertz CT molecular complexity index is 429. The van der Waals surface area contributed by atoms with Crippen LogP contribution in [0.5, 0.6) is 0 Å². The average Bonchev–Trinajstić information content (AvgIpc) is 2.63. The minimum Gasteiger partial charge on any atom is -0.340 e. The maximum Gasteiger partial charge on any atom is 0.177 e. The molecular formula is C12H19N3. The first-order valence-electron chi connectivity index (χ1n) is 5.49. The first kappa shape index (κ1) is 11.7. The summed E-state index contributed by atoms with van der Waals surface area (Å²) in [5, 5.41) is 0. The topological polar surface area (TPSA) is 41.6 Å². The van der Waals surface area contributed by atoms with Gasteiger partial charge in [-0.2, -0.15) is 0 Å². The van der Waals surface area contributed by atoms with E-state index in [0.717, 1.165) is 22.6 Å². The van der Waals surface area contributed by atoms with Crippen LogP contribution in [0.1, 0.15) is 45.0 Å². The second-order valence-corrected chi connectivity index (χ2v) is 3.66. The fourth-order valence-electron chi connectivity index (χ4n) is 1.30. The lowest BCUT2D eigenvalue weighted by molar-refractivity contribution is 0.798. The second kappa shape index (κ2) is 4.91. The fraction of sp³-hybridized carbons (Fsp3) is 0.500. The first-order chi connectivity index (χ1) is 7.16. The number of hydrogen-bond donors (Lipinski definition) is 1. The maximum absolute atomic E-state index is 4.39. The van der Waals surface area contributed by atoms with Gasteiger partial charge >= 0.3 is 0 Å². The standard InChI is InChI=1S/C10H13N3.C2H6/c1-6(2)9-12-8-4-7(3)5-11-10(8)13-9;1-2/h4-6H,1-3H3,(H,11,12,13);1-2H3. The molecule has 15 heavy (non-hydrogen) atoms. The molecule has 0 aliphatic rings. The van der Waals surface area contributed by atoms with Gasteiger partial charge in [-0.1, -0.05) is 27.7 Å². The smallest absolute Gasteiger partial charge is 0.177 e. The summed E-state index contributed by atoms with van der Waals surface area (Å²) >= 11 is 0. The molecule has 0 fully saturated rings. The molecule has 3 heteroatoms. The van der Waals surface area contributed by atoms with Crippen molar-refractivity contribution in [1.82, 2.24) is 15.0 Å². The molecule has 3 nitrogen and oxygen atoms in total. The summed E-state index contributed by atoms with van der Waals surface area (Å²) in [4.78, 5) is 11.9. The van der Waals surface area contributed by atoms with Gasteiger partial charge < -0.3 is 4.98 Å². The molecule has 0 saturated heterocycles. The van der Waals surface area contributed by atoms with Crippen molar-refractivity contribution in [3.8, 4) is 0 Å². The summed E-state index contributed by atoms with van der Waals surface area (Å²) in [7, 11) is 0. The summed E-state index contributed by atoms with van der Waals surface area (Å²) in [5.41, 5.74) is 3.00. The Hall–Kier alpha value is -1.38. The van der Waals surface area contributed by atoms with Gasteiger partial charge in [-0.3, -0.25) is 0 Å². The third-order valence-electron chi connectivity index (χ3n) is 2.04. The number of H-pyrrole nitrogens is 1. The molecule has 0 atom stereocenters. The Balaban J connectivity index is 0.000000531. The van der Waals surface area contributed by atoms with Gasteiger partial charge in [-0.15, -0.1) is 0 Å². The number of nitrogens with zero attached hydrogens (tertiary/aromatic N) is 2. The molecule has 2 heterocycles. The molecule has 0 unspecified atom stereocenters. The molecule has 1 N–H and O–H groups in total. The minimum atomic E-state index is 0.425. The van der Waals surface area contributed by atoms with E-state index in [1.807, 2.05) is 27.0 Å². The molecule has 0 amide bonds. The third kappa shape index (κ3) is 2.55. The number of aromatic nitrogens is 3. The number of fused-ring (bicyclic) bond motifs is 1. The molecule has 2 rings (SSSR count). The Labute approximate surface area is 91.0 Å². The maximum atomic E-state index is 4.39. The van der Waals surface area contributed by atoms with E-state index in [0.29, 0.717) is 5.92 Å². The van der Waals surface area contributed by atoms with Crippen molar-refractivity contribution in [2.24, 2.45) is 0 Å². The Morgan fingerprint density at radius 1 is 1.27 bits per heavy atom. The highest BCUT2D eigenvalue weighted by Gasteiger charge is 2.06. The van der Waals surface area contributed by atoms with Crippen LogP contribution in [0, 0.1) is 6.92 Å². The van der Waals surface area contributed by atoms with Crippen molar-refractivity contribution in [1.29, 1.82) is 0 Å². The van der Waals surface area contributed by atoms with Crippen LogP contribution in [-0.4, -0.2) is 15.0 Å². The summed E-state index contributed by atoms with van der Waals surface area (Å²) in [6.07, 6.45) is 1.84. The zero-order valence-electron chi connectivity index (χ0n) is 10.1. The van der Waals surface area contributed by atoms with Crippen molar-refractivity contribution >= 4 is 11.2 Å². The molecule has 2 aromatic rings. The highest BCUT2D eigenvalue weighted by atomic mass is 15.0. The van der Waals surface area contributed by atoms with Gasteiger partial charge in [-0.05, 0) is 18.6 Å². The highest BCUT2D eigenvalue weighted by molar-refractivity contribution is 5.71. The third-order valence-corrected chi connectivity index (χ3v) is 2.04. The van der Waals surface area contributed by atoms with Crippen LogP contribution in [-0.2, 0) is 0 Å². The van der Waals surface area contributed by atoms with Crippen LogP contribution < -0.4 is 0 Å². The van der Waals surface area contributed by atoms with Gasteiger partial charge in [0, 0.05) is 12.1 Å². The molecular weight excluding hydrogens is 186 g/mol. The number of aromatic amines is 1. The average molecular weight is 205 g/mol. The van der Waals surface area contributed by atoms with E-state index in [4.69, 9.17) is 0 Å². The predicted molar refractivity (Wildman–Crippen MR) is 64.1 cm³/mol. The summed E-state index contributed by atoms with van der Waals surface area (Å²) in [6.45, 7) is 10.3. The van der Waals surface area contributed by atoms with Gasteiger partial charge in [0.2, 0.25) is 0 Å². The van der Waals surface area contributed by atoms with Crippen LogP contribution in [0.25, 0.3) is 11.2 Å². The number of rotatable bonds is 1. The Morgan fingerprint density at radius 2 is 1.93 bits per heavy atom. The van der Waals surface area contributed by atoms with Crippen LogP contribution >= 0.6 is 0 Å². The lowest BCUT2D eigenvalue weighted by Gasteiger charge is -1.95. The molecule has 0 saturated carbocycles. The molecule has 82 valence electrons. The van der Waals surface area contributed by atoms with E-state index in [1.165, 1.54) is 0 Å². The predicted octanol–water partition coefficient (Wildman–Crippen LogP) is 3.42. The van der Waals surface area contributed by atoms with Crippen LogP contribution in [0.15, 0.2) is 12.3 Å². The van der Waals surface area contributed by atoms with E-state index in [2.05, 4.69) is 34.9 Å². The SMILES string of the molecule is CC.Cc1cnc2nc(C(C)C)[nH]c2c1. The van der Waals surface area contributed by atoms with Crippen molar-refractivity contribution in [2.45, 2.75) is 40.5 Å². The lowest BCUT2D eigenvalue weighted by atomic mass is 10.2. The van der Waals surface area contributed by atoms with Gasteiger partial charge in [-0.25, -0.2) is 9.97 Å². The van der Waals surface area contributed by atoms with Crippen molar-refractivity contribution in [3.05, 3.63) is 23.7 Å². The minimum absolute atomic E-state index is 0.425. The number of nitrogens with one attached hydrogen (secondary N) is 1.